The Labute approximate surface area is 97.0 Å². The minimum atomic E-state index is 1.27. The zero-order chi connectivity index (χ0) is 10.4. The van der Waals surface area contributed by atoms with E-state index in [-0.39, 0.29) is 0 Å². The second kappa shape index (κ2) is 3.13. The van der Waals surface area contributed by atoms with Crippen LogP contribution in [0, 0.1) is 6.92 Å². The molecule has 0 saturated heterocycles. The standard InChI is InChI=1S/C13H10N.Al/c1-9-6-7-11-10-4-2-3-5-12(10)14-13(11)8-9;/h2-8H,1H3;/q-1;+1. The van der Waals surface area contributed by atoms with Crippen molar-refractivity contribution in [2.75, 3.05) is 0 Å². The third-order valence-electron chi connectivity index (χ3n) is 2.87. The fourth-order valence-electron chi connectivity index (χ4n) is 2.11. The van der Waals surface area contributed by atoms with Gasteiger partial charge in [-0.1, -0.05) is 30.3 Å². The number of nitrogens with zero attached hydrogens (tertiary/aromatic N) is 1. The van der Waals surface area contributed by atoms with Gasteiger partial charge in [-0.05, 0) is 24.6 Å². The van der Waals surface area contributed by atoms with Crippen molar-refractivity contribution in [1.29, 1.82) is 0 Å². The van der Waals surface area contributed by atoms with Crippen molar-refractivity contribution in [3.05, 3.63) is 48.0 Å². The normalized spacial score (nSPS) is 11.3. The third kappa shape index (κ3) is 1.23. The Kier molecular flexibility index (Phi) is 1.89. The van der Waals surface area contributed by atoms with Crippen LogP contribution in [0.4, 0.5) is 0 Å². The number of fused-ring (bicyclic) bond motifs is 3. The number of rotatable bonds is 0. The molecule has 0 atom stereocenters. The molecule has 15 heavy (non-hydrogen) atoms. The molecule has 0 bridgehead atoms. The van der Waals surface area contributed by atoms with Gasteiger partial charge < -0.3 is 3.55 Å². The van der Waals surface area contributed by atoms with Crippen LogP contribution in [-0.2, 0) is 0 Å². The largest absolute Gasteiger partial charge is 0.452 e. The Morgan fingerprint density at radius 1 is 0.933 bits per heavy atom. The van der Waals surface area contributed by atoms with E-state index in [1.54, 1.807) is 0 Å². The Hall–Kier alpha value is -1.23. The van der Waals surface area contributed by atoms with Crippen LogP contribution in [0.25, 0.3) is 21.8 Å². The molecular formula is C13H10AlN. The second-order valence-electron chi connectivity index (χ2n) is 3.91. The number of para-hydroxylation sites is 1. The highest BCUT2D eigenvalue weighted by molar-refractivity contribution is 6.21. The van der Waals surface area contributed by atoms with E-state index in [4.69, 9.17) is 0 Å². The average molecular weight is 207 g/mol. The van der Waals surface area contributed by atoms with Crippen molar-refractivity contribution in [3.8, 4) is 0 Å². The van der Waals surface area contributed by atoms with Gasteiger partial charge in [-0.15, -0.1) is 0 Å². The molecule has 0 saturated carbocycles. The molecule has 1 aromatic heterocycles. The highest BCUT2D eigenvalue weighted by atomic mass is 27.1. The average Bonchev–Trinajstić information content (AvgIpc) is 2.54. The smallest absolute Gasteiger partial charge is 0.318 e. The summed E-state index contributed by atoms with van der Waals surface area (Å²) in [5.41, 5.74) is 3.85. The maximum atomic E-state index is 2.78. The number of aryl methyl sites for hydroxylation is 1. The van der Waals surface area contributed by atoms with Crippen LogP contribution in [-0.4, -0.2) is 20.1 Å². The lowest BCUT2D eigenvalue weighted by Gasteiger charge is -1.99. The molecule has 3 aromatic rings. The zero-order valence-corrected chi connectivity index (χ0v) is 9.72. The lowest BCUT2D eigenvalue weighted by Crippen LogP contribution is -1.89. The highest BCUT2D eigenvalue weighted by Crippen LogP contribution is 2.27. The van der Waals surface area contributed by atoms with E-state index in [1.807, 2.05) is 0 Å². The maximum absolute atomic E-state index is 2.78. The predicted molar refractivity (Wildman–Crippen MR) is 65.3 cm³/mol. The van der Waals surface area contributed by atoms with E-state index < -0.39 is 0 Å². The van der Waals surface area contributed by atoms with Gasteiger partial charge in [-0.3, -0.25) is 0 Å². The van der Waals surface area contributed by atoms with Crippen molar-refractivity contribution in [3.63, 3.8) is 0 Å². The SMILES string of the molecule is Cc1ccc2c3ccccc3[n]([Al])c2c1. The van der Waals surface area contributed by atoms with Gasteiger partial charge in [0.15, 0.2) is 0 Å². The molecule has 2 radical (unpaired) electrons. The molecule has 0 amide bonds. The minimum Gasteiger partial charge on any atom is -0.452 e. The zero-order valence-electron chi connectivity index (χ0n) is 8.57. The monoisotopic (exact) mass is 207 g/mol. The van der Waals surface area contributed by atoms with Gasteiger partial charge in [0.2, 0.25) is 0 Å². The summed E-state index contributed by atoms with van der Waals surface area (Å²) >= 11 is 2.78. The minimum absolute atomic E-state index is 1.27. The first-order valence-electron chi connectivity index (χ1n) is 5.02. The molecule has 0 fully saturated rings. The summed E-state index contributed by atoms with van der Waals surface area (Å²) in [6.07, 6.45) is 0. The van der Waals surface area contributed by atoms with Gasteiger partial charge in [0, 0.05) is 21.8 Å². The highest BCUT2D eigenvalue weighted by Gasteiger charge is 2.05. The summed E-state index contributed by atoms with van der Waals surface area (Å²) in [5.74, 6) is 0. The number of benzene rings is 2. The van der Waals surface area contributed by atoms with Crippen molar-refractivity contribution < 1.29 is 0 Å². The Bertz CT molecular complexity index is 652. The first-order chi connectivity index (χ1) is 7.27. The molecule has 1 heterocycles. The molecule has 0 aliphatic carbocycles. The van der Waals surface area contributed by atoms with Gasteiger partial charge in [-0.2, -0.15) is 0 Å². The fourth-order valence-corrected chi connectivity index (χ4v) is 2.55. The molecule has 3 rings (SSSR count). The number of aromatic nitrogens is 1. The van der Waals surface area contributed by atoms with Gasteiger partial charge in [0.05, 0.1) is 0 Å². The first-order valence-corrected chi connectivity index (χ1v) is 5.54. The molecule has 0 unspecified atom stereocenters. The van der Waals surface area contributed by atoms with Crippen molar-refractivity contribution in [2.45, 2.75) is 6.92 Å². The van der Waals surface area contributed by atoms with Crippen LogP contribution >= 0.6 is 0 Å². The van der Waals surface area contributed by atoms with E-state index >= 15 is 0 Å². The molecule has 1 nitrogen and oxygen atoms in total. The van der Waals surface area contributed by atoms with Gasteiger partial charge in [-0.25, -0.2) is 0 Å². The first kappa shape index (κ1) is 9.03. The molecule has 0 spiro atoms. The third-order valence-corrected chi connectivity index (χ3v) is 3.42. The summed E-state index contributed by atoms with van der Waals surface area (Å²) in [7, 11) is 0. The van der Waals surface area contributed by atoms with Gasteiger partial charge >= 0.3 is 16.5 Å². The lowest BCUT2D eigenvalue weighted by molar-refractivity contribution is 1.37. The topological polar surface area (TPSA) is 4.93 Å². The van der Waals surface area contributed by atoms with Crippen molar-refractivity contribution >= 4 is 38.3 Å². The van der Waals surface area contributed by atoms with E-state index in [2.05, 4.69) is 69.4 Å². The Morgan fingerprint density at radius 3 is 2.53 bits per heavy atom. The molecular weight excluding hydrogens is 197 g/mol. The predicted octanol–water partition coefficient (Wildman–Crippen LogP) is 3.03. The molecule has 70 valence electrons. The second-order valence-corrected chi connectivity index (χ2v) is 4.42. The summed E-state index contributed by atoms with van der Waals surface area (Å²) < 4.78 is 2.18. The molecule has 2 aromatic carbocycles. The van der Waals surface area contributed by atoms with Gasteiger partial charge in [0.1, 0.15) is 0 Å². The van der Waals surface area contributed by atoms with Crippen LogP contribution < -0.4 is 0 Å². The summed E-state index contributed by atoms with van der Waals surface area (Å²) in [5, 5.41) is 2.65. The van der Waals surface area contributed by atoms with E-state index in [9.17, 15) is 0 Å². The van der Waals surface area contributed by atoms with Crippen molar-refractivity contribution in [2.24, 2.45) is 0 Å². The molecule has 2 heteroatoms. The number of hydrogen-bond donors (Lipinski definition) is 0. The molecule has 0 aliphatic heterocycles. The van der Waals surface area contributed by atoms with Crippen LogP contribution in [0.15, 0.2) is 42.5 Å². The lowest BCUT2D eigenvalue weighted by atomic mass is 10.1. The fraction of sp³-hybridized carbons (Fsp3) is 0.0769. The number of hydrogen-bond acceptors (Lipinski definition) is 0. The quantitative estimate of drug-likeness (QED) is 0.499. The van der Waals surface area contributed by atoms with Crippen LogP contribution in [0.1, 0.15) is 5.56 Å². The molecule has 0 N–H and O–H groups in total. The van der Waals surface area contributed by atoms with Crippen LogP contribution in [0.5, 0.6) is 0 Å². The Morgan fingerprint density at radius 2 is 1.67 bits per heavy atom. The summed E-state index contributed by atoms with van der Waals surface area (Å²) in [4.78, 5) is 0. The van der Waals surface area contributed by atoms with Crippen LogP contribution in [0.2, 0.25) is 0 Å². The van der Waals surface area contributed by atoms with Crippen molar-refractivity contribution in [1.82, 2.24) is 3.55 Å². The summed E-state index contributed by atoms with van der Waals surface area (Å²) in [6, 6.07) is 15.1. The maximum Gasteiger partial charge on any atom is 0.318 e. The Balaban J connectivity index is 2.63. The van der Waals surface area contributed by atoms with E-state index in [1.165, 1.54) is 27.4 Å². The summed E-state index contributed by atoms with van der Waals surface area (Å²) in [6.45, 7) is 2.13. The van der Waals surface area contributed by atoms with Gasteiger partial charge in [0.25, 0.3) is 0 Å². The van der Waals surface area contributed by atoms with E-state index in [0.717, 1.165) is 0 Å². The van der Waals surface area contributed by atoms with Crippen LogP contribution in [0.3, 0.4) is 0 Å². The van der Waals surface area contributed by atoms with E-state index in [0.29, 0.717) is 0 Å². The molecule has 0 aliphatic rings.